The number of hydrogen-bond acceptors (Lipinski definition) is 3. The summed E-state index contributed by atoms with van der Waals surface area (Å²) >= 11 is 1.77. The summed E-state index contributed by atoms with van der Waals surface area (Å²) in [6, 6.07) is 6.28. The summed E-state index contributed by atoms with van der Waals surface area (Å²) in [7, 11) is 0. The number of halogens is 1. The van der Waals surface area contributed by atoms with Gasteiger partial charge in [-0.05, 0) is 38.5 Å². The summed E-state index contributed by atoms with van der Waals surface area (Å²) in [5.41, 5.74) is 2.02. The van der Waals surface area contributed by atoms with Gasteiger partial charge in [0.15, 0.2) is 0 Å². The van der Waals surface area contributed by atoms with Crippen LogP contribution in [0.3, 0.4) is 0 Å². The second-order valence-electron chi connectivity index (χ2n) is 4.76. The van der Waals surface area contributed by atoms with Gasteiger partial charge in [-0.1, -0.05) is 6.07 Å². The minimum absolute atomic E-state index is 0.00135. The molecular formula is C15H18FNOS. The van der Waals surface area contributed by atoms with Crippen molar-refractivity contribution in [1.82, 2.24) is 5.32 Å². The van der Waals surface area contributed by atoms with Crippen LogP contribution in [0.4, 0.5) is 4.39 Å². The van der Waals surface area contributed by atoms with E-state index in [-0.39, 0.29) is 11.8 Å². The highest BCUT2D eigenvalue weighted by atomic mass is 32.1. The molecule has 2 aromatic rings. The number of phenolic OH excluding ortho intramolecular Hbond substituents is 1. The van der Waals surface area contributed by atoms with E-state index in [1.54, 1.807) is 17.4 Å². The molecule has 0 saturated carbocycles. The van der Waals surface area contributed by atoms with E-state index >= 15 is 0 Å². The zero-order valence-electron chi connectivity index (χ0n) is 11.3. The molecule has 0 aliphatic heterocycles. The second kappa shape index (κ2) is 5.72. The number of thiophene rings is 1. The molecule has 0 aliphatic rings. The molecule has 19 heavy (non-hydrogen) atoms. The van der Waals surface area contributed by atoms with Crippen molar-refractivity contribution >= 4 is 11.3 Å². The first-order chi connectivity index (χ1) is 8.97. The van der Waals surface area contributed by atoms with Crippen LogP contribution in [0.5, 0.6) is 5.75 Å². The van der Waals surface area contributed by atoms with Crippen molar-refractivity contribution < 1.29 is 9.50 Å². The molecule has 0 bridgehead atoms. The van der Waals surface area contributed by atoms with Gasteiger partial charge in [0.1, 0.15) is 11.6 Å². The van der Waals surface area contributed by atoms with E-state index < -0.39 is 5.82 Å². The standard InChI is InChI=1S/C15H18FNOS/c1-9-6-13(19-11(9)3)8-17-10(2)14-5-4-12(16)7-15(14)18/h4-7,10,17-18H,8H2,1-3H3. The predicted octanol–water partition coefficient (Wildman–Crippen LogP) is 4.06. The third kappa shape index (κ3) is 3.33. The summed E-state index contributed by atoms with van der Waals surface area (Å²) in [6.45, 7) is 6.92. The molecule has 2 N–H and O–H groups in total. The van der Waals surface area contributed by atoms with Gasteiger partial charge < -0.3 is 10.4 Å². The third-order valence-corrected chi connectivity index (χ3v) is 4.41. The Morgan fingerprint density at radius 2 is 2.05 bits per heavy atom. The largest absolute Gasteiger partial charge is 0.508 e. The van der Waals surface area contributed by atoms with Crippen molar-refractivity contribution in [2.45, 2.75) is 33.4 Å². The molecular weight excluding hydrogens is 261 g/mol. The minimum atomic E-state index is -0.419. The molecule has 1 unspecified atom stereocenters. The van der Waals surface area contributed by atoms with Crippen molar-refractivity contribution in [3.63, 3.8) is 0 Å². The van der Waals surface area contributed by atoms with Crippen molar-refractivity contribution in [2.24, 2.45) is 0 Å². The summed E-state index contributed by atoms with van der Waals surface area (Å²) in [5, 5.41) is 13.1. The lowest BCUT2D eigenvalue weighted by Crippen LogP contribution is -2.17. The van der Waals surface area contributed by atoms with Crippen LogP contribution in [0.1, 0.15) is 33.8 Å². The topological polar surface area (TPSA) is 32.3 Å². The van der Waals surface area contributed by atoms with E-state index in [0.29, 0.717) is 5.56 Å². The number of hydrogen-bond donors (Lipinski definition) is 2. The summed E-state index contributed by atoms with van der Waals surface area (Å²) < 4.78 is 12.9. The molecule has 0 aliphatic carbocycles. The van der Waals surface area contributed by atoms with Crippen molar-refractivity contribution in [3.05, 3.63) is 51.0 Å². The fourth-order valence-electron chi connectivity index (χ4n) is 1.98. The Morgan fingerprint density at radius 1 is 1.32 bits per heavy atom. The van der Waals surface area contributed by atoms with Crippen LogP contribution < -0.4 is 5.32 Å². The number of nitrogens with one attached hydrogen (secondary N) is 1. The van der Waals surface area contributed by atoms with Gasteiger partial charge in [-0.25, -0.2) is 4.39 Å². The second-order valence-corrected chi connectivity index (χ2v) is 6.10. The molecule has 0 radical (unpaired) electrons. The zero-order chi connectivity index (χ0) is 14.0. The molecule has 0 amide bonds. The van der Waals surface area contributed by atoms with E-state index in [9.17, 15) is 9.50 Å². The van der Waals surface area contributed by atoms with Crippen LogP contribution in [0.15, 0.2) is 24.3 Å². The van der Waals surface area contributed by atoms with Crippen LogP contribution in [-0.4, -0.2) is 5.11 Å². The Balaban J connectivity index is 2.03. The van der Waals surface area contributed by atoms with Gasteiger partial charge in [-0.15, -0.1) is 11.3 Å². The maximum absolute atomic E-state index is 12.9. The quantitative estimate of drug-likeness (QED) is 0.884. The molecule has 0 spiro atoms. The van der Waals surface area contributed by atoms with Gasteiger partial charge in [0.25, 0.3) is 0 Å². The molecule has 1 aromatic heterocycles. The van der Waals surface area contributed by atoms with Crippen molar-refractivity contribution in [2.75, 3.05) is 0 Å². The molecule has 1 aromatic carbocycles. The smallest absolute Gasteiger partial charge is 0.126 e. The maximum Gasteiger partial charge on any atom is 0.126 e. The van der Waals surface area contributed by atoms with Crippen molar-refractivity contribution in [3.8, 4) is 5.75 Å². The van der Waals surface area contributed by atoms with E-state index in [4.69, 9.17) is 0 Å². The van der Waals surface area contributed by atoms with Gasteiger partial charge in [0.05, 0.1) is 0 Å². The number of aryl methyl sites for hydroxylation is 2. The van der Waals surface area contributed by atoms with E-state index in [1.807, 2.05) is 6.92 Å². The predicted molar refractivity (Wildman–Crippen MR) is 77.1 cm³/mol. The fraction of sp³-hybridized carbons (Fsp3) is 0.333. The van der Waals surface area contributed by atoms with Gasteiger partial charge in [0, 0.05) is 34.0 Å². The van der Waals surface area contributed by atoms with E-state index in [0.717, 1.165) is 12.6 Å². The monoisotopic (exact) mass is 279 g/mol. The molecule has 0 saturated heterocycles. The first kappa shape index (κ1) is 14.0. The maximum atomic E-state index is 12.9. The fourth-order valence-corrected chi connectivity index (χ4v) is 2.99. The van der Waals surface area contributed by atoms with Gasteiger partial charge in [-0.3, -0.25) is 0 Å². The first-order valence-electron chi connectivity index (χ1n) is 6.25. The van der Waals surface area contributed by atoms with Crippen LogP contribution in [-0.2, 0) is 6.54 Å². The molecule has 2 nitrogen and oxygen atoms in total. The molecule has 1 heterocycles. The molecule has 2 rings (SSSR count). The van der Waals surface area contributed by atoms with Crippen LogP contribution in [0.25, 0.3) is 0 Å². The summed E-state index contributed by atoms with van der Waals surface area (Å²) in [5.74, 6) is -0.420. The Morgan fingerprint density at radius 3 is 2.63 bits per heavy atom. The number of phenols is 1. The normalized spacial score (nSPS) is 12.6. The van der Waals surface area contributed by atoms with Crippen molar-refractivity contribution in [1.29, 1.82) is 0 Å². The highest BCUT2D eigenvalue weighted by Gasteiger charge is 2.11. The summed E-state index contributed by atoms with van der Waals surface area (Å²) in [4.78, 5) is 2.59. The molecule has 4 heteroatoms. The number of aromatic hydroxyl groups is 1. The van der Waals surface area contributed by atoms with Crippen LogP contribution in [0, 0.1) is 19.7 Å². The van der Waals surface area contributed by atoms with Gasteiger partial charge in [0.2, 0.25) is 0 Å². The highest BCUT2D eigenvalue weighted by Crippen LogP contribution is 2.26. The Labute approximate surface area is 116 Å². The number of rotatable bonds is 4. The van der Waals surface area contributed by atoms with E-state index in [2.05, 4.69) is 25.2 Å². The average molecular weight is 279 g/mol. The molecule has 102 valence electrons. The Bertz CT molecular complexity index is 560. The van der Waals surface area contributed by atoms with Gasteiger partial charge in [-0.2, -0.15) is 0 Å². The lowest BCUT2D eigenvalue weighted by molar-refractivity contribution is 0.447. The molecule has 1 atom stereocenters. The molecule has 0 fully saturated rings. The van der Waals surface area contributed by atoms with Crippen LogP contribution in [0.2, 0.25) is 0 Å². The minimum Gasteiger partial charge on any atom is -0.508 e. The lowest BCUT2D eigenvalue weighted by Gasteiger charge is -2.15. The highest BCUT2D eigenvalue weighted by molar-refractivity contribution is 7.12. The Hall–Kier alpha value is -1.39. The SMILES string of the molecule is Cc1cc(CNC(C)c2ccc(F)cc2O)sc1C. The van der Waals surface area contributed by atoms with Crippen LogP contribution >= 0.6 is 11.3 Å². The summed E-state index contributed by atoms with van der Waals surface area (Å²) in [6.07, 6.45) is 0. The lowest BCUT2D eigenvalue weighted by atomic mass is 10.1. The van der Waals surface area contributed by atoms with Gasteiger partial charge >= 0.3 is 0 Å². The Kier molecular flexibility index (Phi) is 4.22. The number of benzene rings is 1. The zero-order valence-corrected chi connectivity index (χ0v) is 12.1. The van der Waals surface area contributed by atoms with E-state index in [1.165, 1.54) is 21.4 Å². The third-order valence-electron chi connectivity index (χ3n) is 3.26. The first-order valence-corrected chi connectivity index (χ1v) is 7.06. The average Bonchev–Trinajstić information content (AvgIpc) is 2.66.